The third-order valence-corrected chi connectivity index (χ3v) is 26.6. The number of nitrogens with zero attached hydrogens (tertiary/aromatic N) is 2. The van der Waals surface area contributed by atoms with E-state index in [1.54, 1.807) is 2.89 Å². The summed E-state index contributed by atoms with van der Waals surface area (Å²) in [6, 6.07) is 8.39. The van der Waals surface area contributed by atoms with E-state index < -0.39 is 18.4 Å². The van der Waals surface area contributed by atoms with Gasteiger partial charge in [-0.25, -0.2) is 0 Å². The van der Waals surface area contributed by atoms with Gasteiger partial charge in [0.2, 0.25) is 0 Å². The summed E-state index contributed by atoms with van der Waals surface area (Å²) in [7, 11) is 0. The first-order valence-corrected chi connectivity index (χ1v) is 21.8. The van der Waals surface area contributed by atoms with E-state index in [9.17, 15) is 0 Å². The van der Waals surface area contributed by atoms with Gasteiger partial charge in [0.15, 0.2) is 0 Å². The van der Waals surface area contributed by atoms with Crippen LogP contribution >= 0.6 is 34.5 Å². The Morgan fingerprint density at radius 1 is 0.971 bits per heavy atom. The Kier molecular flexibility index (Phi) is 11.1. The second-order valence-corrected chi connectivity index (χ2v) is 25.3. The van der Waals surface area contributed by atoms with Crippen molar-refractivity contribution in [1.82, 2.24) is 9.55 Å². The topological polar surface area (TPSA) is 17.8 Å². The van der Waals surface area contributed by atoms with Crippen LogP contribution < -0.4 is 2.89 Å². The zero-order chi connectivity index (χ0) is 24.6. The number of hydrogen-bond acceptors (Lipinski definition) is 2. The SMILES string of the molecule is C=CCn1ccnc1-c1s[c]([Sn]([CH2]CCC)([CH2]CCC)[CH2]CCC)cc1-c1ccc(Cl)cc1Cl. The van der Waals surface area contributed by atoms with Gasteiger partial charge < -0.3 is 0 Å². The molecule has 0 saturated heterocycles. The first-order valence-electron chi connectivity index (χ1n) is 12.7. The third-order valence-electron chi connectivity index (χ3n) is 6.75. The Hall–Kier alpha value is -0.751. The van der Waals surface area contributed by atoms with Gasteiger partial charge in [-0.3, -0.25) is 0 Å². The normalized spacial score (nSPS) is 11.8. The van der Waals surface area contributed by atoms with E-state index in [1.165, 1.54) is 62.3 Å². The summed E-state index contributed by atoms with van der Waals surface area (Å²) in [5.74, 6) is 1.01. The van der Waals surface area contributed by atoms with Crippen molar-refractivity contribution >= 4 is 55.8 Å². The molecule has 0 bridgehead atoms. The molecule has 0 saturated carbocycles. The van der Waals surface area contributed by atoms with Gasteiger partial charge in [0.1, 0.15) is 0 Å². The fourth-order valence-corrected chi connectivity index (χ4v) is 25.6. The van der Waals surface area contributed by atoms with Crippen molar-refractivity contribution in [3.63, 3.8) is 0 Å². The molecular formula is C28H38Cl2N2SSn. The van der Waals surface area contributed by atoms with E-state index in [4.69, 9.17) is 28.2 Å². The molecular weight excluding hydrogens is 586 g/mol. The molecule has 0 N–H and O–H groups in total. The van der Waals surface area contributed by atoms with Gasteiger partial charge >= 0.3 is 226 Å². The molecule has 1 aromatic carbocycles. The molecule has 0 atom stereocenters. The van der Waals surface area contributed by atoms with Gasteiger partial charge in [0, 0.05) is 0 Å². The van der Waals surface area contributed by atoms with E-state index in [1.807, 2.05) is 41.9 Å². The summed E-state index contributed by atoms with van der Waals surface area (Å²) < 4.78 is 8.21. The monoisotopic (exact) mass is 624 g/mol. The van der Waals surface area contributed by atoms with Crippen molar-refractivity contribution in [3.8, 4) is 21.8 Å². The van der Waals surface area contributed by atoms with Crippen LogP contribution in [0.5, 0.6) is 0 Å². The predicted octanol–water partition coefficient (Wildman–Crippen LogP) is 9.83. The van der Waals surface area contributed by atoms with Crippen LogP contribution in [-0.4, -0.2) is 27.9 Å². The Morgan fingerprint density at radius 3 is 2.18 bits per heavy atom. The van der Waals surface area contributed by atoms with Crippen molar-refractivity contribution in [2.45, 2.75) is 79.2 Å². The molecule has 0 aliphatic heterocycles. The zero-order valence-electron chi connectivity index (χ0n) is 20.9. The van der Waals surface area contributed by atoms with Crippen molar-refractivity contribution in [1.29, 1.82) is 0 Å². The number of halogens is 2. The predicted molar refractivity (Wildman–Crippen MR) is 156 cm³/mol. The van der Waals surface area contributed by atoms with Gasteiger partial charge in [0.05, 0.1) is 0 Å². The molecule has 0 amide bonds. The Balaban J connectivity index is 2.24. The van der Waals surface area contributed by atoms with E-state index in [0.29, 0.717) is 10.0 Å². The van der Waals surface area contributed by atoms with Gasteiger partial charge in [-0.05, 0) is 0 Å². The minimum absolute atomic E-state index is 0.668. The number of allylic oxidation sites excluding steroid dienone is 1. The van der Waals surface area contributed by atoms with Crippen LogP contribution in [0.4, 0.5) is 0 Å². The molecule has 2 heterocycles. The number of unbranched alkanes of at least 4 members (excludes halogenated alkanes) is 3. The Labute approximate surface area is 224 Å². The molecule has 0 unspecified atom stereocenters. The number of thiophene rings is 1. The molecule has 6 heteroatoms. The minimum atomic E-state index is -2.62. The summed E-state index contributed by atoms with van der Waals surface area (Å²) in [4.78, 5) is 6.03. The van der Waals surface area contributed by atoms with Gasteiger partial charge in [-0.15, -0.1) is 0 Å². The van der Waals surface area contributed by atoms with Crippen molar-refractivity contribution < 1.29 is 0 Å². The standard InChI is InChI=1S/C16H11Cl2N2S.3C4H9.Sn/c1-2-7-20-8-6-19-16(20)15-13(5-9-21-15)12-4-3-11(17)10-14(12)18;3*1-3-4-2;/h2-6,8,10H,1,7H2;3*1,3-4H2,2H3;. The summed E-state index contributed by atoms with van der Waals surface area (Å²) in [5, 5.41) is 1.37. The second-order valence-electron chi connectivity index (χ2n) is 9.26. The number of aromatic nitrogens is 2. The zero-order valence-corrected chi connectivity index (χ0v) is 26.1. The first-order chi connectivity index (χ1) is 16.5. The van der Waals surface area contributed by atoms with Crippen LogP contribution in [0.2, 0.25) is 23.4 Å². The number of rotatable bonds is 14. The van der Waals surface area contributed by atoms with Crippen LogP contribution in [0.25, 0.3) is 21.8 Å². The molecule has 0 spiro atoms. The molecule has 0 aliphatic carbocycles. The fraction of sp³-hybridized carbons (Fsp3) is 0.464. The Morgan fingerprint density at radius 2 is 1.62 bits per heavy atom. The number of hydrogen-bond donors (Lipinski definition) is 0. The van der Waals surface area contributed by atoms with Gasteiger partial charge in [-0.2, -0.15) is 0 Å². The third kappa shape index (κ3) is 6.51. The maximum atomic E-state index is 6.77. The quantitative estimate of drug-likeness (QED) is 0.129. The van der Waals surface area contributed by atoms with Gasteiger partial charge in [-0.1, -0.05) is 0 Å². The second kappa shape index (κ2) is 13.5. The molecule has 3 rings (SSSR count). The van der Waals surface area contributed by atoms with Crippen LogP contribution in [0.15, 0.2) is 49.3 Å². The molecule has 0 aliphatic rings. The van der Waals surface area contributed by atoms with Crippen LogP contribution in [0.1, 0.15) is 59.3 Å². The first kappa shape index (κ1) is 27.8. The van der Waals surface area contributed by atoms with E-state index in [-0.39, 0.29) is 0 Å². The van der Waals surface area contributed by atoms with Crippen molar-refractivity contribution in [2.75, 3.05) is 0 Å². The van der Waals surface area contributed by atoms with Crippen LogP contribution in [-0.2, 0) is 6.54 Å². The molecule has 2 nitrogen and oxygen atoms in total. The number of imidazole rings is 1. The summed E-state index contributed by atoms with van der Waals surface area (Å²) in [6.45, 7) is 11.7. The van der Waals surface area contributed by atoms with Gasteiger partial charge in [0.25, 0.3) is 0 Å². The molecule has 34 heavy (non-hydrogen) atoms. The van der Waals surface area contributed by atoms with Crippen molar-refractivity contribution in [2.24, 2.45) is 0 Å². The summed E-state index contributed by atoms with van der Waals surface area (Å²) >= 11 is 12.4. The van der Waals surface area contributed by atoms with E-state index >= 15 is 0 Å². The maximum absolute atomic E-state index is 6.77. The molecule has 0 radical (unpaired) electrons. The molecule has 3 aromatic rings. The average Bonchev–Trinajstić information content (AvgIpc) is 3.46. The molecule has 2 aromatic heterocycles. The van der Waals surface area contributed by atoms with E-state index in [2.05, 4.69) is 44.0 Å². The molecule has 184 valence electrons. The number of benzene rings is 1. The van der Waals surface area contributed by atoms with E-state index in [0.717, 1.165) is 17.9 Å². The van der Waals surface area contributed by atoms with Crippen LogP contribution in [0.3, 0.4) is 0 Å². The summed E-state index contributed by atoms with van der Waals surface area (Å²) in [6.07, 6.45) is 13.7. The fourth-order valence-electron chi connectivity index (χ4n) is 4.82. The molecule has 0 fully saturated rings. The summed E-state index contributed by atoms with van der Waals surface area (Å²) in [5.41, 5.74) is 2.27. The average molecular weight is 624 g/mol. The Bertz CT molecular complexity index is 1050. The van der Waals surface area contributed by atoms with Crippen LogP contribution in [0, 0.1) is 0 Å². The van der Waals surface area contributed by atoms with Crippen molar-refractivity contribution in [3.05, 3.63) is 59.4 Å².